The Bertz CT molecular complexity index is 1960. The Hall–Kier alpha value is -1.94. The number of rotatable bonds is 82. The molecule has 606 valence electrons. The van der Waals surface area contributed by atoms with Gasteiger partial charge in [0.15, 0.2) is 12.2 Å². The summed E-state index contributed by atoms with van der Waals surface area (Å²) in [7, 11) is -9.92. The predicted octanol–water partition coefficient (Wildman–Crippen LogP) is 25.1. The van der Waals surface area contributed by atoms with Crippen LogP contribution in [-0.4, -0.2) is 96.7 Å². The van der Waals surface area contributed by atoms with E-state index in [9.17, 15) is 43.2 Å². The van der Waals surface area contributed by atoms with Crippen LogP contribution in [0.4, 0.5) is 0 Å². The van der Waals surface area contributed by atoms with Crippen LogP contribution in [0.3, 0.4) is 0 Å². The third-order valence-electron chi connectivity index (χ3n) is 19.8. The van der Waals surface area contributed by atoms with Crippen molar-refractivity contribution in [1.82, 2.24) is 0 Å². The molecule has 0 aromatic rings. The summed E-state index contributed by atoms with van der Waals surface area (Å²) in [4.78, 5) is 73.1. The highest BCUT2D eigenvalue weighted by molar-refractivity contribution is 7.47. The Labute approximate surface area is 626 Å². The predicted molar refractivity (Wildman–Crippen MR) is 418 cm³/mol. The number of aliphatic hydroxyl groups excluding tert-OH is 1. The van der Waals surface area contributed by atoms with Gasteiger partial charge in [0.25, 0.3) is 0 Å². The van der Waals surface area contributed by atoms with E-state index in [2.05, 4.69) is 41.5 Å². The largest absolute Gasteiger partial charge is 0.472 e. The van der Waals surface area contributed by atoms with Crippen LogP contribution in [0.2, 0.25) is 0 Å². The van der Waals surface area contributed by atoms with Crippen molar-refractivity contribution in [2.75, 3.05) is 39.6 Å². The third kappa shape index (κ3) is 74.9. The molecule has 0 aliphatic rings. The Morgan fingerprint density at radius 2 is 0.500 bits per heavy atom. The van der Waals surface area contributed by atoms with Crippen molar-refractivity contribution >= 4 is 39.5 Å². The summed E-state index contributed by atoms with van der Waals surface area (Å²) in [6, 6.07) is 0. The van der Waals surface area contributed by atoms with Crippen LogP contribution in [-0.2, 0) is 65.4 Å². The van der Waals surface area contributed by atoms with Crippen LogP contribution < -0.4 is 0 Å². The number of aliphatic hydroxyl groups is 1. The third-order valence-corrected chi connectivity index (χ3v) is 21.7. The van der Waals surface area contributed by atoms with Gasteiger partial charge in [0, 0.05) is 25.7 Å². The number of ether oxygens (including phenoxy) is 4. The Balaban J connectivity index is 5.22. The van der Waals surface area contributed by atoms with Gasteiger partial charge in [-0.1, -0.05) is 388 Å². The average molecular weight is 1490 g/mol. The summed E-state index contributed by atoms with van der Waals surface area (Å²) in [6.45, 7) is 9.70. The lowest BCUT2D eigenvalue weighted by Gasteiger charge is -2.21. The van der Waals surface area contributed by atoms with Gasteiger partial charge in [0.05, 0.1) is 26.4 Å². The minimum Gasteiger partial charge on any atom is -0.462 e. The van der Waals surface area contributed by atoms with E-state index < -0.39 is 97.5 Å². The number of hydrogen-bond donors (Lipinski definition) is 3. The molecule has 0 saturated carbocycles. The maximum atomic E-state index is 13.1. The highest BCUT2D eigenvalue weighted by Crippen LogP contribution is 2.45. The molecular formula is C83H162O17P2. The van der Waals surface area contributed by atoms with E-state index in [4.69, 9.17) is 37.0 Å². The number of hydrogen-bond acceptors (Lipinski definition) is 15. The monoisotopic (exact) mass is 1490 g/mol. The van der Waals surface area contributed by atoms with Crippen molar-refractivity contribution in [3.8, 4) is 0 Å². The molecule has 19 heteroatoms. The first-order valence-corrected chi connectivity index (χ1v) is 46.0. The van der Waals surface area contributed by atoms with E-state index in [0.29, 0.717) is 25.7 Å². The Morgan fingerprint density at radius 1 is 0.284 bits per heavy atom. The van der Waals surface area contributed by atoms with Gasteiger partial charge in [0.2, 0.25) is 0 Å². The number of phosphoric ester groups is 2. The molecule has 6 atom stereocenters. The zero-order chi connectivity index (χ0) is 74.9. The van der Waals surface area contributed by atoms with Crippen LogP contribution >= 0.6 is 15.6 Å². The standard InChI is InChI=1S/C83H162O17P2/c1-7-10-12-14-16-18-20-21-22-28-31-35-42-48-54-60-66-81(86)94-72-78(99-82(87)67-61-55-49-43-36-32-29-26-24-23-25-27-30-34-40-46-52-58-64-76(6)9-3)73-97-101(89,90)95-69-77(84)70-96-102(91,92)98-74-79(71-93-80(85)65-59-53-47-41-33-19-17-15-13-11-8-2)100-83(88)68-62-56-50-44-38-37-39-45-51-57-63-75(4)5/h75-79,84H,7-74H2,1-6H3,(H,89,90)(H,91,92)/t76?,77-,78-,79-/m1/s1. The number of esters is 4. The van der Waals surface area contributed by atoms with Gasteiger partial charge < -0.3 is 33.8 Å². The van der Waals surface area contributed by atoms with Crippen molar-refractivity contribution in [3.05, 3.63) is 0 Å². The van der Waals surface area contributed by atoms with Gasteiger partial charge >= 0.3 is 39.5 Å². The molecule has 0 aromatic heterocycles. The molecule has 0 radical (unpaired) electrons. The number of unbranched alkanes of at least 4 members (excludes halogenated alkanes) is 51. The topological polar surface area (TPSA) is 237 Å². The van der Waals surface area contributed by atoms with Gasteiger partial charge in [0.1, 0.15) is 19.3 Å². The van der Waals surface area contributed by atoms with Crippen molar-refractivity contribution in [2.45, 2.75) is 458 Å². The average Bonchev–Trinajstić information content (AvgIpc) is 0.917. The van der Waals surface area contributed by atoms with Gasteiger partial charge in [-0.15, -0.1) is 0 Å². The van der Waals surface area contributed by atoms with E-state index in [1.807, 2.05) is 0 Å². The Morgan fingerprint density at radius 3 is 0.745 bits per heavy atom. The van der Waals surface area contributed by atoms with E-state index in [1.54, 1.807) is 0 Å². The normalized spacial score (nSPS) is 14.1. The molecule has 0 spiro atoms. The van der Waals surface area contributed by atoms with Crippen LogP contribution in [0, 0.1) is 11.8 Å². The van der Waals surface area contributed by atoms with Crippen LogP contribution in [0.5, 0.6) is 0 Å². The van der Waals surface area contributed by atoms with Crippen molar-refractivity contribution in [1.29, 1.82) is 0 Å². The smallest absolute Gasteiger partial charge is 0.462 e. The summed E-state index contributed by atoms with van der Waals surface area (Å²) in [6.07, 6.45) is 65.1. The van der Waals surface area contributed by atoms with Crippen molar-refractivity contribution < 1.29 is 80.2 Å². The second-order valence-corrected chi connectivity index (χ2v) is 33.5. The van der Waals surface area contributed by atoms with E-state index in [0.717, 1.165) is 102 Å². The highest BCUT2D eigenvalue weighted by Gasteiger charge is 2.30. The minimum absolute atomic E-state index is 0.106. The summed E-state index contributed by atoms with van der Waals surface area (Å²) in [5.74, 6) is -0.482. The molecule has 0 heterocycles. The van der Waals surface area contributed by atoms with Gasteiger partial charge in [-0.2, -0.15) is 0 Å². The molecule has 0 amide bonds. The van der Waals surface area contributed by atoms with Crippen LogP contribution in [0.25, 0.3) is 0 Å². The number of carbonyl (C=O) groups is 4. The van der Waals surface area contributed by atoms with Gasteiger partial charge in [-0.05, 0) is 37.5 Å². The lowest BCUT2D eigenvalue weighted by atomic mass is 9.99. The highest BCUT2D eigenvalue weighted by atomic mass is 31.2. The second kappa shape index (κ2) is 74.5. The molecule has 102 heavy (non-hydrogen) atoms. The molecule has 17 nitrogen and oxygen atoms in total. The zero-order valence-corrected chi connectivity index (χ0v) is 68.7. The lowest BCUT2D eigenvalue weighted by molar-refractivity contribution is -0.161. The molecule has 3 N–H and O–H groups in total. The first kappa shape index (κ1) is 100. The lowest BCUT2D eigenvalue weighted by Crippen LogP contribution is -2.30. The maximum Gasteiger partial charge on any atom is 0.472 e. The van der Waals surface area contributed by atoms with Crippen molar-refractivity contribution in [2.24, 2.45) is 11.8 Å². The zero-order valence-electron chi connectivity index (χ0n) is 66.9. The molecule has 0 aliphatic heterocycles. The fourth-order valence-corrected chi connectivity index (χ4v) is 14.4. The van der Waals surface area contributed by atoms with E-state index in [1.165, 1.54) is 257 Å². The summed E-state index contributed by atoms with van der Waals surface area (Å²) >= 11 is 0. The van der Waals surface area contributed by atoms with Crippen molar-refractivity contribution in [3.63, 3.8) is 0 Å². The minimum atomic E-state index is -4.96. The molecule has 0 aliphatic carbocycles. The molecule has 0 fully saturated rings. The maximum absolute atomic E-state index is 13.1. The number of phosphoric acid groups is 2. The van der Waals surface area contributed by atoms with Gasteiger partial charge in [-0.3, -0.25) is 37.3 Å². The first-order valence-electron chi connectivity index (χ1n) is 43.0. The van der Waals surface area contributed by atoms with E-state index in [-0.39, 0.29) is 25.7 Å². The first-order chi connectivity index (χ1) is 49.4. The quantitative estimate of drug-likeness (QED) is 0.0222. The fraction of sp³-hybridized carbons (Fsp3) is 0.952. The summed E-state index contributed by atoms with van der Waals surface area (Å²) in [5.41, 5.74) is 0. The molecule has 0 saturated heterocycles. The molecule has 3 unspecified atom stereocenters. The molecule has 0 aromatic carbocycles. The summed E-state index contributed by atoms with van der Waals surface area (Å²) in [5, 5.41) is 10.7. The molecular weight excluding hydrogens is 1330 g/mol. The SMILES string of the molecule is CCCCCCCCCCCCCCCCCCC(=O)OC[C@H](COP(=O)(O)OC[C@@H](O)COP(=O)(O)OC[C@@H](COC(=O)CCCCCCCCCCCCC)OC(=O)CCCCCCCCCCCCC(C)C)OC(=O)CCCCCCCCCCCCCCCCCCCCC(C)CC. The molecule has 0 rings (SSSR count). The second-order valence-electron chi connectivity index (χ2n) is 30.6. The summed E-state index contributed by atoms with van der Waals surface area (Å²) < 4.78 is 68.8. The Kier molecular flexibility index (Phi) is 73.1. The number of carbonyl (C=O) groups excluding carboxylic acids is 4. The van der Waals surface area contributed by atoms with Crippen LogP contribution in [0.15, 0.2) is 0 Å². The van der Waals surface area contributed by atoms with Crippen LogP contribution in [0.1, 0.15) is 440 Å². The van der Waals surface area contributed by atoms with E-state index >= 15 is 0 Å². The molecule has 0 bridgehead atoms. The van der Waals surface area contributed by atoms with Gasteiger partial charge in [-0.25, -0.2) is 9.13 Å². The fourth-order valence-electron chi connectivity index (χ4n) is 12.9.